The van der Waals surface area contributed by atoms with Crippen molar-refractivity contribution < 1.29 is 4.39 Å². The zero-order valence-electron chi connectivity index (χ0n) is 6.10. The van der Waals surface area contributed by atoms with Gasteiger partial charge in [-0.25, -0.2) is 9.82 Å². The highest BCUT2D eigenvalue weighted by molar-refractivity contribution is 5.85. The van der Waals surface area contributed by atoms with Crippen molar-refractivity contribution in [2.24, 2.45) is 0 Å². The minimum atomic E-state index is -0.236. The van der Waals surface area contributed by atoms with Crippen molar-refractivity contribution in [3.8, 4) is 0 Å². The van der Waals surface area contributed by atoms with Crippen LogP contribution in [0, 0.1) is 5.82 Å². The van der Waals surface area contributed by atoms with Gasteiger partial charge in [-0.3, -0.25) is 0 Å². The van der Waals surface area contributed by atoms with Crippen molar-refractivity contribution in [1.82, 2.24) is 5.43 Å². The lowest BCUT2D eigenvalue weighted by atomic mass is 10.3. The van der Waals surface area contributed by atoms with Gasteiger partial charge in [0.2, 0.25) is 0 Å². The fourth-order valence-corrected chi connectivity index (χ4v) is 0.711. The van der Waals surface area contributed by atoms with Crippen LogP contribution in [0.15, 0.2) is 24.3 Å². The van der Waals surface area contributed by atoms with Crippen LogP contribution in [0.3, 0.4) is 0 Å². The van der Waals surface area contributed by atoms with E-state index in [-0.39, 0.29) is 18.2 Å². The Hall–Kier alpha value is -0.800. The number of anilines is 1. The molecule has 0 radical (unpaired) electrons. The summed E-state index contributed by atoms with van der Waals surface area (Å²) in [6, 6.07) is 6.24. The normalized spacial score (nSPS) is 8.55. The van der Waals surface area contributed by atoms with Gasteiger partial charge in [0, 0.05) is 7.05 Å². The minimum absolute atomic E-state index is 0. The molecule has 0 aliphatic rings. The Kier molecular flexibility index (Phi) is 4.57. The summed E-state index contributed by atoms with van der Waals surface area (Å²) in [6.45, 7) is 0. The van der Waals surface area contributed by atoms with E-state index in [1.165, 1.54) is 12.1 Å². The Labute approximate surface area is 71.2 Å². The van der Waals surface area contributed by atoms with Crippen LogP contribution in [0.2, 0.25) is 0 Å². The van der Waals surface area contributed by atoms with Gasteiger partial charge in [-0.2, -0.15) is 0 Å². The van der Waals surface area contributed by atoms with Crippen molar-refractivity contribution in [3.05, 3.63) is 30.1 Å². The van der Waals surface area contributed by atoms with Crippen molar-refractivity contribution in [3.63, 3.8) is 0 Å². The summed E-state index contributed by atoms with van der Waals surface area (Å²) < 4.78 is 12.4. The summed E-state index contributed by atoms with van der Waals surface area (Å²) in [5, 5.41) is 0. The summed E-state index contributed by atoms with van der Waals surface area (Å²) in [5.74, 6) is -0.236. The van der Waals surface area contributed by atoms with Crippen LogP contribution in [0.4, 0.5) is 10.1 Å². The second-order valence-corrected chi connectivity index (χ2v) is 1.89. The maximum atomic E-state index is 12.4. The lowest BCUT2D eigenvalue weighted by Gasteiger charge is -2.01. The predicted octanol–water partition coefficient (Wildman–Crippen LogP) is 1.79. The largest absolute Gasteiger partial charge is 0.322 e. The molecule has 0 fully saturated rings. The molecule has 4 heteroatoms. The second kappa shape index (κ2) is 4.93. The quantitative estimate of drug-likeness (QED) is 0.672. The standard InChI is InChI=1S/C7H9FN2.ClH/c1-9-10-7-4-2-3-6(8)5-7;/h2-5,9-10H,1H3;1H. The van der Waals surface area contributed by atoms with Crippen LogP contribution in [0.1, 0.15) is 0 Å². The van der Waals surface area contributed by atoms with E-state index in [0.717, 1.165) is 5.69 Å². The Bertz CT molecular complexity index is 217. The molecule has 2 nitrogen and oxygen atoms in total. The van der Waals surface area contributed by atoms with Gasteiger partial charge in [0.05, 0.1) is 5.69 Å². The topological polar surface area (TPSA) is 24.1 Å². The van der Waals surface area contributed by atoms with E-state index >= 15 is 0 Å². The first kappa shape index (κ1) is 10.2. The van der Waals surface area contributed by atoms with Crippen molar-refractivity contribution in [2.75, 3.05) is 12.5 Å². The highest BCUT2D eigenvalue weighted by Crippen LogP contribution is 2.06. The summed E-state index contributed by atoms with van der Waals surface area (Å²) in [7, 11) is 1.73. The van der Waals surface area contributed by atoms with E-state index in [0.29, 0.717) is 0 Å². The lowest BCUT2D eigenvalue weighted by Crippen LogP contribution is -2.14. The van der Waals surface area contributed by atoms with Gasteiger partial charge in [-0.15, -0.1) is 12.4 Å². The molecular weight excluding hydrogens is 167 g/mol. The van der Waals surface area contributed by atoms with E-state index in [4.69, 9.17) is 0 Å². The zero-order chi connectivity index (χ0) is 7.40. The molecule has 0 bridgehead atoms. The third-order valence-electron chi connectivity index (χ3n) is 1.09. The summed E-state index contributed by atoms with van der Waals surface area (Å²) in [5.41, 5.74) is 6.18. The third-order valence-corrected chi connectivity index (χ3v) is 1.09. The molecule has 0 amide bonds. The van der Waals surface area contributed by atoms with E-state index in [9.17, 15) is 4.39 Å². The fourth-order valence-electron chi connectivity index (χ4n) is 0.711. The molecule has 0 unspecified atom stereocenters. The molecule has 2 N–H and O–H groups in total. The average molecular weight is 177 g/mol. The number of benzene rings is 1. The molecule has 0 heterocycles. The second-order valence-electron chi connectivity index (χ2n) is 1.89. The highest BCUT2D eigenvalue weighted by atomic mass is 35.5. The molecule has 1 aromatic carbocycles. The van der Waals surface area contributed by atoms with Gasteiger partial charge < -0.3 is 5.43 Å². The molecule has 11 heavy (non-hydrogen) atoms. The number of hydrogen-bond acceptors (Lipinski definition) is 2. The van der Waals surface area contributed by atoms with Crippen LogP contribution < -0.4 is 10.9 Å². The van der Waals surface area contributed by atoms with Gasteiger partial charge in [0.1, 0.15) is 5.82 Å². The van der Waals surface area contributed by atoms with E-state index in [1.54, 1.807) is 19.2 Å². The Balaban J connectivity index is 0.000001000. The summed E-state index contributed by atoms with van der Waals surface area (Å²) in [6.07, 6.45) is 0. The third kappa shape index (κ3) is 3.20. The Morgan fingerprint density at radius 1 is 1.36 bits per heavy atom. The number of halogens is 2. The van der Waals surface area contributed by atoms with E-state index in [1.807, 2.05) is 0 Å². The molecule has 0 aliphatic heterocycles. The number of hydrazine groups is 1. The van der Waals surface area contributed by atoms with E-state index < -0.39 is 0 Å². The van der Waals surface area contributed by atoms with Gasteiger partial charge >= 0.3 is 0 Å². The number of nitrogens with one attached hydrogen (secondary N) is 2. The molecule has 0 aromatic heterocycles. The van der Waals surface area contributed by atoms with Crippen LogP contribution >= 0.6 is 12.4 Å². The maximum Gasteiger partial charge on any atom is 0.125 e. The van der Waals surface area contributed by atoms with Crippen LogP contribution in [-0.2, 0) is 0 Å². The average Bonchev–Trinajstić information content (AvgIpc) is 1.88. The summed E-state index contributed by atoms with van der Waals surface area (Å²) >= 11 is 0. The molecule has 62 valence electrons. The highest BCUT2D eigenvalue weighted by Gasteiger charge is 1.89. The minimum Gasteiger partial charge on any atom is -0.322 e. The molecule has 1 aromatic rings. The van der Waals surface area contributed by atoms with Crippen LogP contribution in [0.25, 0.3) is 0 Å². The molecule has 0 spiro atoms. The first-order chi connectivity index (χ1) is 4.83. The lowest BCUT2D eigenvalue weighted by molar-refractivity contribution is 0.628. The monoisotopic (exact) mass is 176 g/mol. The van der Waals surface area contributed by atoms with E-state index in [2.05, 4.69) is 10.9 Å². The maximum absolute atomic E-state index is 12.4. The first-order valence-corrected chi connectivity index (χ1v) is 3.01. The zero-order valence-corrected chi connectivity index (χ0v) is 6.91. The van der Waals surface area contributed by atoms with Gasteiger partial charge in [0.25, 0.3) is 0 Å². The van der Waals surface area contributed by atoms with Crippen molar-refractivity contribution >= 4 is 18.1 Å². The van der Waals surface area contributed by atoms with Gasteiger partial charge in [0.15, 0.2) is 0 Å². The molecule has 0 saturated heterocycles. The fraction of sp³-hybridized carbons (Fsp3) is 0.143. The van der Waals surface area contributed by atoms with Gasteiger partial charge in [-0.1, -0.05) is 6.07 Å². The predicted molar refractivity (Wildman–Crippen MR) is 46.3 cm³/mol. The molecule has 0 saturated carbocycles. The SMILES string of the molecule is CNNc1cccc(F)c1.Cl. The number of rotatable bonds is 2. The van der Waals surface area contributed by atoms with Gasteiger partial charge in [-0.05, 0) is 18.2 Å². The molecule has 0 atom stereocenters. The van der Waals surface area contributed by atoms with Crippen LogP contribution in [0.5, 0.6) is 0 Å². The first-order valence-electron chi connectivity index (χ1n) is 3.01. The van der Waals surface area contributed by atoms with Crippen molar-refractivity contribution in [2.45, 2.75) is 0 Å². The van der Waals surface area contributed by atoms with Crippen LogP contribution in [-0.4, -0.2) is 7.05 Å². The Morgan fingerprint density at radius 3 is 2.64 bits per heavy atom. The molecular formula is C7H10ClFN2. The van der Waals surface area contributed by atoms with Crippen molar-refractivity contribution in [1.29, 1.82) is 0 Å². The number of hydrogen-bond donors (Lipinski definition) is 2. The molecule has 0 aliphatic carbocycles. The molecule has 1 rings (SSSR count). The Morgan fingerprint density at radius 2 is 2.09 bits per heavy atom. The summed E-state index contributed by atoms with van der Waals surface area (Å²) in [4.78, 5) is 0. The smallest absolute Gasteiger partial charge is 0.125 e.